The molecule has 0 bridgehead atoms. The Morgan fingerprint density at radius 2 is 2.12 bits per heavy atom. The summed E-state index contributed by atoms with van der Waals surface area (Å²) in [6, 6.07) is 2.20. The molecule has 0 unspecified atom stereocenters. The second kappa shape index (κ2) is 7.96. The van der Waals surface area contributed by atoms with Gasteiger partial charge < -0.3 is 13.9 Å². The first-order valence-corrected chi connectivity index (χ1v) is 10.2. The molecule has 142 valence electrons. The molecule has 1 aliphatic rings. The highest BCUT2D eigenvalue weighted by Gasteiger charge is 2.30. The third-order valence-electron chi connectivity index (χ3n) is 4.97. The number of carbonyl (C=O) groups excluding carboxylic acids is 1. The molecule has 2 heterocycles. The summed E-state index contributed by atoms with van der Waals surface area (Å²) in [6.45, 7) is 9.73. The molecule has 0 saturated heterocycles. The number of hydrogen-bond acceptors (Lipinski definition) is 5. The van der Waals surface area contributed by atoms with Crippen LogP contribution in [0.3, 0.4) is 0 Å². The Hall–Kier alpha value is -1.60. The van der Waals surface area contributed by atoms with Gasteiger partial charge >= 0.3 is 0 Å². The van der Waals surface area contributed by atoms with Gasteiger partial charge in [-0.1, -0.05) is 11.8 Å². The van der Waals surface area contributed by atoms with Gasteiger partial charge in [-0.15, -0.1) is 10.2 Å². The van der Waals surface area contributed by atoms with Crippen LogP contribution < -0.4 is 0 Å². The van der Waals surface area contributed by atoms with Crippen molar-refractivity contribution in [1.29, 1.82) is 0 Å². The van der Waals surface area contributed by atoms with E-state index >= 15 is 0 Å². The van der Waals surface area contributed by atoms with E-state index < -0.39 is 0 Å². The lowest BCUT2D eigenvalue weighted by Crippen LogP contribution is -2.15. The van der Waals surface area contributed by atoms with Crippen molar-refractivity contribution >= 4 is 17.5 Å². The minimum absolute atomic E-state index is 0.137. The number of methoxy groups -OCH3 is 1. The third kappa shape index (κ3) is 3.74. The summed E-state index contributed by atoms with van der Waals surface area (Å²) in [7, 11) is 1.70. The first-order chi connectivity index (χ1) is 12.5. The standard InChI is InChI=1S/C19H28N4O2S/c1-6-22-18(15-7-8-15)20-21-19(22)26-11-17(24)16-9-12(2)23(14(16)4)13(3)10-25-5/h9,13,15H,6-8,10-11H2,1-5H3/t13-/m0/s1. The molecule has 0 N–H and O–H groups in total. The van der Waals surface area contributed by atoms with E-state index in [1.807, 2.05) is 19.9 Å². The normalized spacial score (nSPS) is 15.4. The molecule has 1 fully saturated rings. The number of aryl methyl sites for hydroxylation is 1. The average Bonchev–Trinajstić information content (AvgIpc) is 3.30. The lowest BCUT2D eigenvalue weighted by molar-refractivity contribution is 0.102. The zero-order valence-corrected chi connectivity index (χ0v) is 17.1. The molecule has 2 aromatic heterocycles. The molecule has 3 rings (SSSR count). The molecule has 1 saturated carbocycles. The maximum Gasteiger partial charge on any atom is 0.191 e. The highest BCUT2D eigenvalue weighted by Crippen LogP contribution is 2.40. The van der Waals surface area contributed by atoms with Crippen molar-refractivity contribution in [3.8, 4) is 0 Å². The molecule has 1 atom stereocenters. The van der Waals surface area contributed by atoms with E-state index in [9.17, 15) is 4.79 Å². The lowest BCUT2D eigenvalue weighted by Gasteiger charge is -2.17. The molecule has 26 heavy (non-hydrogen) atoms. The van der Waals surface area contributed by atoms with Crippen LogP contribution in [-0.4, -0.2) is 44.6 Å². The van der Waals surface area contributed by atoms with E-state index in [1.165, 1.54) is 24.6 Å². The van der Waals surface area contributed by atoms with Gasteiger partial charge in [-0.3, -0.25) is 4.79 Å². The van der Waals surface area contributed by atoms with E-state index in [2.05, 4.69) is 33.2 Å². The molecule has 2 aromatic rings. The van der Waals surface area contributed by atoms with Crippen LogP contribution in [0.15, 0.2) is 11.2 Å². The Balaban J connectivity index is 1.72. The summed E-state index contributed by atoms with van der Waals surface area (Å²) in [5.41, 5.74) is 2.89. The molecule has 0 spiro atoms. The SMILES string of the molecule is CCn1c(SCC(=O)c2cc(C)n([C@@H](C)COC)c2C)nnc1C1CC1. The Labute approximate surface area is 159 Å². The number of Topliss-reactive ketones (excluding diaryl/α,β-unsaturated/α-hetero) is 1. The number of hydrogen-bond donors (Lipinski definition) is 0. The number of thioether (sulfide) groups is 1. The molecule has 7 heteroatoms. The summed E-state index contributed by atoms with van der Waals surface area (Å²) in [5.74, 6) is 2.16. The minimum atomic E-state index is 0.137. The van der Waals surface area contributed by atoms with Crippen LogP contribution in [0.25, 0.3) is 0 Å². The van der Waals surface area contributed by atoms with E-state index in [0.717, 1.165) is 34.5 Å². The van der Waals surface area contributed by atoms with Gasteiger partial charge in [0, 0.05) is 36.5 Å². The van der Waals surface area contributed by atoms with Crippen LogP contribution >= 0.6 is 11.8 Å². The summed E-state index contributed by atoms with van der Waals surface area (Å²) < 4.78 is 9.60. The number of rotatable bonds is 9. The molecule has 1 aliphatic carbocycles. The summed E-state index contributed by atoms with van der Waals surface area (Å²) in [5, 5.41) is 9.51. The third-order valence-corrected chi connectivity index (χ3v) is 5.94. The van der Waals surface area contributed by atoms with Crippen LogP contribution in [0.4, 0.5) is 0 Å². The van der Waals surface area contributed by atoms with Gasteiger partial charge in [-0.05, 0) is 46.6 Å². The number of nitrogens with zero attached hydrogens (tertiary/aromatic N) is 4. The quantitative estimate of drug-likeness (QED) is 0.492. The van der Waals surface area contributed by atoms with Crippen molar-refractivity contribution in [3.05, 3.63) is 28.8 Å². The largest absolute Gasteiger partial charge is 0.383 e. The first-order valence-electron chi connectivity index (χ1n) is 9.24. The van der Waals surface area contributed by atoms with Crippen molar-refractivity contribution in [2.75, 3.05) is 19.5 Å². The summed E-state index contributed by atoms with van der Waals surface area (Å²) in [6.07, 6.45) is 2.40. The fraction of sp³-hybridized carbons (Fsp3) is 0.632. The predicted molar refractivity (Wildman–Crippen MR) is 103 cm³/mol. The number of carbonyl (C=O) groups is 1. The molecule has 0 radical (unpaired) electrons. The van der Waals surface area contributed by atoms with Crippen molar-refractivity contribution < 1.29 is 9.53 Å². The monoisotopic (exact) mass is 376 g/mol. The zero-order chi connectivity index (χ0) is 18.8. The zero-order valence-electron chi connectivity index (χ0n) is 16.3. The second-order valence-corrected chi connectivity index (χ2v) is 7.97. The van der Waals surface area contributed by atoms with Gasteiger partial charge in [0.05, 0.1) is 18.4 Å². The molecule has 0 amide bonds. The Kier molecular flexibility index (Phi) is 5.87. The highest BCUT2D eigenvalue weighted by atomic mass is 32.2. The lowest BCUT2D eigenvalue weighted by atomic mass is 10.2. The second-order valence-electron chi connectivity index (χ2n) is 7.03. The van der Waals surface area contributed by atoms with Crippen LogP contribution in [0.5, 0.6) is 0 Å². The first kappa shape index (κ1) is 19.2. The van der Waals surface area contributed by atoms with Gasteiger partial charge in [0.25, 0.3) is 0 Å². The van der Waals surface area contributed by atoms with E-state index in [4.69, 9.17) is 4.74 Å². The fourth-order valence-electron chi connectivity index (χ4n) is 3.61. The molecule has 0 aromatic carbocycles. The van der Waals surface area contributed by atoms with E-state index in [1.54, 1.807) is 7.11 Å². The number of ether oxygens (including phenoxy) is 1. The van der Waals surface area contributed by atoms with Gasteiger partial charge in [0.2, 0.25) is 0 Å². The van der Waals surface area contributed by atoms with Gasteiger partial charge in [0.15, 0.2) is 10.9 Å². The van der Waals surface area contributed by atoms with E-state index in [-0.39, 0.29) is 11.8 Å². The highest BCUT2D eigenvalue weighted by molar-refractivity contribution is 7.99. The van der Waals surface area contributed by atoms with Gasteiger partial charge in [-0.25, -0.2) is 0 Å². The molecular weight excluding hydrogens is 348 g/mol. The average molecular weight is 377 g/mol. The van der Waals surface area contributed by atoms with Gasteiger partial charge in [0.1, 0.15) is 5.82 Å². The Bertz CT molecular complexity index is 792. The smallest absolute Gasteiger partial charge is 0.191 e. The minimum Gasteiger partial charge on any atom is -0.383 e. The fourth-order valence-corrected chi connectivity index (χ4v) is 4.50. The maximum absolute atomic E-state index is 12.8. The van der Waals surface area contributed by atoms with Crippen LogP contribution in [0.1, 0.15) is 66.2 Å². The summed E-state index contributed by atoms with van der Waals surface area (Å²) >= 11 is 1.49. The Morgan fingerprint density at radius 3 is 2.73 bits per heavy atom. The van der Waals surface area contributed by atoms with E-state index in [0.29, 0.717) is 18.3 Å². The van der Waals surface area contributed by atoms with Crippen molar-refractivity contribution in [2.45, 2.75) is 64.2 Å². The van der Waals surface area contributed by atoms with Crippen molar-refractivity contribution in [3.63, 3.8) is 0 Å². The summed E-state index contributed by atoms with van der Waals surface area (Å²) in [4.78, 5) is 12.8. The Morgan fingerprint density at radius 1 is 1.38 bits per heavy atom. The van der Waals surface area contributed by atoms with Crippen LogP contribution in [-0.2, 0) is 11.3 Å². The molecule has 0 aliphatic heterocycles. The van der Waals surface area contributed by atoms with Crippen molar-refractivity contribution in [1.82, 2.24) is 19.3 Å². The predicted octanol–water partition coefficient (Wildman–Crippen LogP) is 3.78. The molecule has 6 nitrogen and oxygen atoms in total. The topological polar surface area (TPSA) is 61.9 Å². The maximum atomic E-state index is 12.8. The molecular formula is C19H28N4O2S. The number of aromatic nitrogens is 4. The van der Waals surface area contributed by atoms with Crippen LogP contribution in [0.2, 0.25) is 0 Å². The number of ketones is 1. The van der Waals surface area contributed by atoms with Gasteiger partial charge in [-0.2, -0.15) is 0 Å². The van der Waals surface area contributed by atoms with Crippen molar-refractivity contribution in [2.24, 2.45) is 0 Å². The van der Waals surface area contributed by atoms with Crippen LogP contribution in [0, 0.1) is 13.8 Å².